The van der Waals surface area contributed by atoms with Gasteiger partial charge in [-0.05, 0) is 25.0 Å². The van der Waals surface area contributed by atoms with Crippen molar-refractivity contribution >= 4 is 11.6 Å². The van der Waals surface area contributed by atoms with Crippen LogP contribution in [-0.4, -0.2) is 39.9 Å². The van der Waals surface area contributed by atoms with Gasteiger partial charge in [-0.15, -0.1) is 0 Å². The first-order chi connectivity index (χ1) is 11.1. The molecule has 1 N–H and O–H groups in total. The molecule has 3 rings (SSSR count). The van der Waals surface area contributed by atoms with Crippen LogP contribution in [0.5, 0.6) is 0 Å². The third kappa shape index (κ3) is 3.54. The Morgan fingerprint density at radius 2 is 2.22 bits per heavy atom. The second-order valence-electron chi connectivity index (χ2n) is 5.29. The SMILES string of the molecule is O=C(NC[C@@H]1CCCO1)c1cnn(-c2ccc([N+](=O)[O-])cc2)c1. The third-order valence-corrected chi connectivity index (χ3v) is 3.68. The standard InChI is InChI=1S/C15H16N4O4/c20-15(16-9-14-2-1-7-23-14)11-8-17-18(10-11)12-3-5-13(6-4-12)19(21)22/h3-6,8,10,14H,1-2,7,9H2,(H,16,20)/t14-/m0/s1. The summed E-state index contributed by atoms with van der Waals surface area (Å²) in [5.74, 6) is -0.214. The van der Waals surface area contributed by atoms with E-state index in [1.54, 1.807) is 18.3 Å². The summed E-state index contributed by atoms with van der Waals surface area (Å²) in [5, 5.41) is 17.6. The van der Waals surface area contributed by atoms with E-state index in [2.05, 4.69) is 10.4 Å². The van der Waals surface area contributed by atoms with Crippen molar-refractivity contribution in [1.29, 1.82) is 0 Å². The summed E-state index contributed by atoms with van der Waals surface area (Å²) in [6.07, 6.45) is 5.13. The molecular formula is C15H16N4O4. The van der Waals surface area contributed by atoms with E-state index in [4.69, 9.17) is 4.74 Å². The van der Waals surface area contributed by atoms with E-state index in [-0.39, 0.29) is 17.7 Å². The minimum absolute atomic E-state index is 0.00966. The molecule has 1 aliphatic heterocycles. The van der Waals surface area contributed by atoms with Crippen molar-refractivity contribution in [2.24, 2.45) is 0 Å². The number of aromatic nitrogens is 2. The highest BCUT2D eigenvalue weighted by molar-refractivity contribution is 5.93. The fraction of sp³-hybridized carbons (Fsp3) is 0.333. The average molecular weight is 316 g/mol. The zero-order chi connectivity index (χ0) is 16.2. The fourth-order valence-electron chi connectivity index (χ4n) is 2.42. The summed E-state index contributed by atoms with van der Waals surface area (Å²) in [4.78, 5) is 22.3. The highest BCUT2D eigenvalue weighted by atomic mass is 16.6. The zero-order valence-electron chi connectivity index (χ0n) is 12.3. The number of nitro groups is 1. The fourth-order valence-corrected chi connectivity index (χ4v) is 2.42. The number of nitrogens with zero attached hydrogens (tertiary/aromatic N) is 3. The Morgan fingerprint density at radius 3 is 2.87 bits per heavy atom. The number of hydrogen-bond acceptors (Lipinski definition) is 5. The van der Waals surface area contributed by atoms with E-state index in [9.17, 15) is 14.9 Å². The van der Waals surface area contributed by atoms with Gasteiger partial charge in [-0.1, -0.05) is 0 Å². The summed E-state index contributed by atoms with van der Waals surface area (Å²) >= 11 is 0. The maximum absolute atomic E-state index is 12.1. The van der Waals surface area contributed by atoms with Gasteiger partial charge in [0.05, 0.1) is 28.5 Å². The molecule has 0 aliphatic carbocycles. The molecule has 1 aromatic carbocycles. The third-order valence-electron chi connectivity index (χ3n) is 3.68. The number of hydrogen-bond donors (Lipinski definition) is 1. The van der Waals surface area contributed by atoms with Gasteiger partial charge in [0.2, 0.25) is 0 Å². The molecule has 0 radical (unpaired) electrons. The molecule has 1 aromatic heterocycles. The van der Waals surface area contributed by atoms with Crippen LogP contribution >= 0.6 is 0 Å². The first-order valence-corrected chi connectivity index (χ1v) is 7.33. The number of non-ortho nitro benzene ring substituents is 1. The predicted molar refractivity (Wildman–Crippen MR) is 81.5 cm³/mol. The normalized spacial score (nSPS) is 17.1. The van der Waals surface area contributed by atoms with Crippen molar-refractivity contribution < 1.29 is 14.5 Å². The number of carbonyl (C=O) groups excluding carboxylic acids is 1. The maximum atomic E-state index is 12.1. The molecule has 8 nitrogen and oxygen atoms in total. The minimum Gasteiger partial charge on any atom is -0.376 e. The van der Waals surface area contributed by atoms with E-state index in [0.29, 0.717) is 17.8 Å². The van der Waals surface area contributed by atoms with Gasteiger partial charge in [0, 0.05) is 31.5 Å². The van der Waals surface area contributed by atoms with Gasteiger partial charge in [-0.2, -0.15) is 5.10 Å². The van der Waals surface area contributed by atoms with E-state index in [1.165, 1.54) is 23.0 Å². The van der Waals surface area contributed by atoms with Crippen LogP contribution in [0.4, 0.5) is 5.69 Å². The maximum Gasteiger partial charge on any atom is 0.269 e. The van der Waals surface area contributed by atoms with Crippen LogP contribution in [0.25, 0.3) is 5.69 Å². The Labute approximate surface area is 132 Å². The van der Waals surface area contributed by atoms with Crippen molar-refractivity contribution in [2.75, 3.05) is 13.2 Å². The number of nitro benzene ring substituents is 1. The molecule has 1 atom stereocenters. The Kier molecular flexibility index (Phi) is 4.33. The molecular weight excluding hydrogens is 300 g/mol. The number of benzene rings is 1. The molecule has 0 spiro atoms. The van der Waals surface area contributed by atoms with Crippen molar-refractivity contribution in [2.45, 2.75) is 18.9 Å². The number of nitrogens with one attached hydrogen (secondary N) is 1. The van der Waals surface area contributed by atoms with Crippen molar-refractivity contribution in [3.05, 3.63) is 52.3 Å². The molecule has 120 valence electrons. The first kappa shape index (κ1) is 15.2. The Hall–Kier alpha value is -2.74. The number of ether oxygens (including phenoxy) is 1. The lowest BCUT2D eigenvalue weighted by molar-refractivity contribution is -0.384. The average Bonchev–Trinajstić information content (AvgIpc) is 3.24. The van der Waals surface area contributed by atoms with Gasteiger partial charge >= 0.3 is 0 Å². The summed E-state index contributed by atoms with van der Waals surface area (Å²) in [7, 11) is 0. The second kappa shape index (κ2) is 6.57. The zero-order valence-corrected chi connectivity index (χ0v) is 12.3. The van der Waals surface area contributed by atoms with Crippen LogP contribution < -0.4 is 5.32 Å². The van der Waals surface area contributed by atoms with Gasteiger partial charge in [0.15, 0.2) is 0 Å². The lowest BCUT2D eigenvalue weighted by Gasteiger charge is -2.09. The van der Waals surface area contributed by atoms with Crippen LogP contribution in [0.2, 0.25) is 0 Å². The smallest absolute Gasteiger partial charge is 0.269 e. The second-order valence-corrected chi connectivity index (χ2v) is 5.29. The van der Waals surface area contributed by atoms with E-state index < -0.39 is 4.92 Å². The van der Waals surface area contributed by atoms with E-state index in [1.807, 2.05) is 0 Å². The summed E-state index contributed by atoms with van der Waals surface area (Å²) in [6, 6.07) is 5.96. The summed E-state index contributed by atoms with van der Waals surface area (Å²) < 4.78 is 6.96. The lowest BCUT2D eigenvalue weighted by Crippen LogP contribution is -2.31. The van der Waals surface area contributed by atoms with Crippen molar-refractivity contribution in [3.8, 4) is 5.69 Å². The topological polar surface area (TPSA) is 99.3 Å². The van der Waals surface area contributed by atoms with E-state index in [0.717, 1.165) is 19.4 Å². The van der Waals surface area contributed by atoms with Gasteiger partial charge in [-0.25, -0.2) is 4.68 Å². The molecule has 0 saturated carbocycles. The molecule has 8 heteroatoms. The minimum atomic E-state index is -0.461. The molecule has 0 bridgehead atoms. The molecule has 23 heavy (non-hydrogen) atoms. The molecule has 2 aromatic rings. The highest BCUT2D eigenvalue weighted by Crippen LogP contribution is 2.15. The Morgan fingerprint density at radius 1 is 1.43 bits per heavy atom. The molecule has 1 amide bonds. The Bertz CT molecular complexity index is 705. The predicted octanol–water partition coefficient (Wildman–Crippen LogP) is 1.69. The number of amides is 1. The van der Waals surface area contributed by atoms with Gasteiger partial charge in [0.1, 0.15) is 0 Å². The van der Waals surface area contributed by atoms with Gasteiger partial charge < -0.3 is 10.1 Å². The van der Waals surface area contributed by atoms with Gasteiger partial charge in [-0.3, -0.25) is 14.9 Å². The van der Waals surface area contributed by atoms with Crippen LogP contribution in [-0.2, 0) is 4.74 Å². The van der Waals surface area contributed by atoms with Crippen LogP contribution in [0, 0.1) is 10.1 Å². The Balaban J connectivity index is 1.64. The van der Waals surface area contributed by atoms with E-state index >= 15 is 0 Å². The van der Waals surface area contributed by atoms with Crippen LogP contribution in [0.15, 0.2) is 36.7 Å². The molecule has 2 heterocycles. The van der Waals surface area contributed by atoms with Gasteiger partial charge in [0.25, 0.3) is 11.6 Å². The van der Waals surface area contributed by atoms with Crippen molar-refractivity contribution in [1.82, 2.24) is 15.1 Å². The molecule has 1 saturated heterocycles. The van der Waals surface area contributed by atoms with Crippen LogP contribution in [0.1, 0.15) is 23.2 Å². The molecule has 0 unspecified atom stereocenters. The number of carbonyl (C=O) groups is 1. The number of rotatable bonds is 5. The highest BCUT2D eigenvalue weighted by Gasteiger charge is 2.17. The molecule has 1 aliphatic rings. The van der Waals surface area contributed by atoms with Crippen LogP contribution in [0.3, 0.4) is 0 Å². The van der Waals surface area contributed by atoms with Crippen molar-refractivity contribution in [3.63, 3.8) is 0 Å². The first-order valence-electron chi connectivity index (χ1n) is 7.33. The largest absolute Gasteiger partial charge is 0.376 e. The monoisotopic (exact) mass is 316 g/mol. The quantitative estimate of drug-likeness (QED) is 0.668. The summed E-state index contributed by atoms with van der Waals surface area (Å²) in [5.41, 5.74) is 1.09. The molecule has 1 fully saturated rings. The summed E-state index contributed by atoms with van der Waals surface area (Å²) in [6.45, 7) is 1.24. The lowest BCUT2D eigenvalue weighted by atomic mass is 10.2.